The molecule has 0 bridgehead atoms. The number of tetrazole rings is 1. The van der Waals surface area contributed by atoms with Crippen molar-refractivity contribution in [3.05, 3.63) is 23.5 Å². The minimum Gasteiger partial charge on any atom is -0.300 e. The van der Waals surface area contributed by atoms with Gasteiger partial charge in [-0.1, -0.05) is 26.0 Å². The van der Waals surface area contributed by atoms with E-state index in [2.05, 4.69) is 46.6 Å². The van der Waals surface area contributed by atoms with Gasteiger partial charge in [-0.05, 0) is 91.2 Å². The van der Waals surface area contributed by atoms with E-state index in [0.717, 1.165) is 36.9 Å². The Morgan fingerprint density at radius 2 is 2.04 bits per heavy atom. The number of hydrogen-bond acceptors (Lipinski definition) is 4. The van der Waals surface area contributed by atoms with Crippen molar-refractivity contribution in [2.75, 3.05) is 0 Å². The predicted octanol–water partition coefficient (Wildman–Crippen LogP) is 4.36. The number of Topliss-reactive ketones (excluding diaryl/α,β-unsaturated/α-hetero) is 1. The summed E-state index contributed by atoms with van der Waals surface area (Å²) in [6.45, 7) is 6.72. The van der Waals surface area contributed by atoms with Crippen molar-refractivity contribution in [1.82, 2.24) is 20.6 Å². The van der Waals surface area contributed by atoms with Gasteiger partial charge in [0.1, 0.15) is 5.78 Å². The maximum Gasteiger partial charge on any atom is 0.200 e. The Balaban J connectivity index is 1.48. The van der Waals surface area contributed by atoms with Crippen LogP contribution in [-0.2, 0) is 4.79 Å². The Bertz CT molecular complexity index is 825. The van der Waals surface area contributed by atoms with E-state index in [1.807, 2.05) is 6.92 Å². The molecule has 6 atom stereocenters. The third kappa shape index (κ3) is 2.36. The van der Waals surface area contributed by atoms with Gasteiger partial charge in [-0.15, -0.1) is 10.2 Å². The van der Waals surface area contributed by atoms with Crippen LogP contribution in [0, 0.1) is 34.5 Å². The summed E-state index contributed by atoms with van der Waals surface area (Å²) < 4.78 is 0. The zero-order chi connectivity index (χ0) is 18.8. The molecule has 0 unspecified atom stereocenters. The third-order valence-electron chi connectivity index (χ3n) is 8.89. The molecule has 1 heterocycles. The van der Waals surface area contributed by atoms with Gasteiger partial charge < -0.3 is 0 Å². The number of carbonyl (C=O) groups excluding carboxylic acids is 1. The second-order valence-corrected chi connectivity index (χ2v) is 9.88. The first-order valence-corrected chi connectivity index (χ1v) is 10.6. The minimum atomic E-state index is 0.231. The normalized spacial score (nSPS) is 43.2. The first-order chi connectivity index (χ1) is 12.9. The molecule has 2 saturated carbocycles. The zero-order valence-electron chi connectivity index (χ0n) is 16.7. The number of nitrogens with zero attached hydrogens (tertiary/aromatic N) is 3. The molecule has 1 N–H and O–H groups in total. The van der Waals surface area contributed by atoms with Crippen LogP contribution in [0.1, 0.15) is 71.5 Å². The molecule has 0 amide bonds. The predicted molar refractivity (Wildman–Crippen MR) is 103 cm³/mol. The van der Waals surface area contributed by atoms with Crippen molar-refractivity contribution in [1.29, 1.82) is 0 Å². The van der Waals surface area contributed by atoms with Crippen LogP contribution in [0.4, 0.5) is 0 Å². The van der Waals surface area contributed by atoms with Crippen LogP contribution < -0.4 is 0 Å². The van der Waals surface area contributed by atoms with Crippen molar-refractivity contribution in [2.24, 2.45) is 34.5 Å². The van der Waals surface area contributed by atoms with Crippen molar-refractivity contribution in [3.63, 3.8) is 0 Å². The lowest BCUT2D eigenvalue weighted by Crippen LogP contribution is -2.49. The highest BCUT2D eigenvalue weighted by atomic mass is 16.1. The average Bonchev–Trinajstić information content (AvgIpc) is 3.28. The van der Waals surface area contributed by atoms with Gasteiger partial charge in [-0.25, -0.2) is 0 Å². The fourth-order valence-corrected chi connectivity index (χ4v) is 7.47. The summed E-state index contributed by atoms with van der Waals surface area (Å²) in [6, 6.07) is 0. The summed E-state index contributed by atoms with van der Waals surface area (Å²) in [7, 11) is 0. The number of ketones is 1. The van der Waals surface area contributed by atoms with Crippen LogP contribution in [0.5, 0.6) is 0 Å². The standard InChI is InChI=1S/C22H30N4O/c1-13(27)17-6-7-18-16-5-4-15-12-14(20-23-25-26-24-20)8-10-21(15,2)19(16)9-11-22(17,18)3/h4,12,16-19H,5-11H2,1-3H3,(H,23,24,25,26)/t16-,17+,18-,19-,21-,22+/m0/s1. The summed E-state index contributed by atoms with van der Waals surface area (Å²) in [5, 5.41) is 14.7. The lowest BCUT2D eigenvalue weighted by molar-refractivity contribution is -0.127. The van der Waals surface area contributed by atoms with Gasteiger partial charge in [-0.2, -0.15) is 5.21 Å². The number of fused-ring (bicyclic) bond motifs is 5. The quantitative estimate of drug-likeness (QED) is 0.844. The summed E-state index contributed by atoms with van der Waals surface area (Å²) in [5.41, 5.74) is 3.18. The Morgan fingerprint density at radius 1 is 1.19 bits per heavy atom. The Labute approximate surface area is 161 Å². The molecule has 4 aliphatic carbocycles. The molecule has 5 nitrogen and oxygen atoms in total. The van der Waals surface area contributed by atoms with Crippen LogP contribution in [0.25, 0.3) is 5.57 Å². The maximum absolute atomic E-state index is 12.3. The molecular weight excluding hydrogens is 336 g/mol. The Morgan fingerprint density at radius 3 is 2.78 bits per heavy atom. The number of aromatic amines is 1. The van der Waals surface area contributed by atoms with Crippen molar-refractivity contribution in [3.8, 4) is 0 Å². The lowest BCUT2D eigenvalue weighted by atomic mass is 9.47. The van der Waals surface area contributed by atoms with E-state index in [9.17, 15) is 4.79 Å². The van der Waals surface area contributed by atoms with Gasteiger partial charge in [-0.3, -0.25) is 4.79 Å². The van der Waals surface area contributed by atoms with E-state index in [1.54, 1.807) is 0 Å². The van der Waals surface area contributed by atoms with Gasteiger partial charge >= 0.3 is 0 Å². The number of allylic oxidation sites excluding steroid dienone is 4. The summed E-state index contributed by atoms with van der Waals surface area (Å²) in [6.07, 6.45) is 13.0. The number of rotatable bonds is 2. The van der Waals surface area contributed by atoms with E-state index in [4.69, 9.17) is 0 Å². The van der Waals surface area contributed by atoms with Gasteiger partial charge in [0.15, 0.2) is 0 Å². The molecule has 2 fully saturated rings. The summed E-state index contributed by atoms with van der Waals surface area (Å²) in [5.74, 6) is 3.64. The first kappa shape index (κ1) is 17.3. The van der Waals surface area contributed by atoms with E-state index < -0.39 is 0 Å². The Kier molecular flexibility index (Phi) is 3.76. The first-order valence-electron chi connectivity index (χ1n) is 10.6. The molecule has 27 heavy (non-hydrogen) atoms. The van der Waals surface area contributed by atoms with Gasteiger partial charge in [0.05, 0.1) is 0 Å². The molecular formula is C22H30N4O. The van der Waals surface area contributed by atoms with Crippen molar-refractivity contribution >= 4 is 11.4 Å². The SMILES string of the molecule is CC(=O)[C@H]1CC[C@H]2[C@@H]3CC=C4C=C(c5nn[nH]n5)CC[C@]4(C)[C@H]3CC[C@]12C. The molecule has 0 aliphatic heterocycles. The highest BCUT2D eigenvalue weighted by Gasteiger charge is 2.58. The van der Waals surface area contributed by atoms with Gasteiger partial charge in [0.25, 0.3) is 0 Å². The fourth-order valence-electron chi connectivity index (χ4n) is 7.47. The number of hydrogen-bond donors (Lipinski definition) is 1. The molecule has 5 rings (SSSR count). The number of aromatic nitrogens is 4. The Hall–Kier alpha value is -1.78. The molecule has 0 radical (unpaired) electrons. The van der Waals surface area contributed by atoms with Crippen LogP contribution in [0.15, 0.2) is 17.7 Å². The van der Waals surface area contributed by atoms with Crippen molar-refractivity contribution < 1.29 is 4.79 Å². The fraction of sp³-hybridized carbons (Fsp3) is 0.727. The van der Waals surface area contributed by atoms with E-state index in [-0.39, 0.29) is 16.7 Å². The molecule has 144 valence electrons. The van der Waals surface area contributed by atoms with Crippen LogP contribution in [0.2, 0.25) is 0 Å². The van der Waals surface area contributed by atoms with Gasteiger partial charge in [0.2, 0.25) is 5.82 Å². The maximum atomic E-state index is 12.3. The highest BCUT2D eigenvalue weighted by Crippen LogP contribution is 2.66. The summed E-state index contributed by atoms with van der Waals surface area (Å²) >= 11 is 0. The number of nitrogens with one attached hydrogen (secondary N) is 1. The smallest absolute Gasteiger partial charge is 0.200 e. The topological polar surface area (TPSA) is 71.5 Å². The summed E-state index contributed by atoms with van der Waals surface area (Å²) in [4.78, 5) is 12.3. The minimum absolute atomic E-state index is 0.231. The van der Waals surface area contributed by atoms with E-state index in [1.165, 1.54) is 36.8 Å². The van der Waals surface area contributed by atoms with Gasteiger partial charge in [0, 0.05) is 11.5 Å². The molecule has 5 heteroatoms. The third-order valence-corrected chi connectivity index (χ3v) is 8.89. The van der Waals surface area contributed by atoms with E-state index in [0.29, 0.717) is 11.7 Å². The van der Waals surface area contributed by atoms with E-state index >= 15 is 0 Å². The van der Waals surface area contributed by atoms with Crippen LogP contribution >= 0.6 is 0 Å². The highest BCUT2D eigenvalue weighted by molar-refractivity contribution is 5.79. The molecule has 4 aliphatic rings. The lowest BCUT2D eigenvalue weighted by Gasteiger charge is -2.57. The van der Waals surface area contributed by atoms with Crippen LogP contribution in [0.3, 0.4) is 0 Å². The number of H-pyrrole nitrogens is 1. The second-order valence-electron chi connectivity index (χ2n) is 9.88. The molecule has 1 aromatic rings. The second kappa shape index (κ2) is 5.86. The zero-order valence-corrected chi connectivity index (χ0v) is 16.7. The average molecular weight is 367 g/mol. The number of carbonyl (C=O) groups is 1. The van der Waals surface area contributed by atoms with Crippen molar-refractivity contribution in [2.45, 2.75) is 65.7 Å². The van der Waals surface area contributed by atoms with Crippen LogP contribution in [-0.4, -0.2) is 26.4 Å². The largest absolute Gasteiger partial charge is 0.300 e. The molecule has 0 saturated heterocycles. The molecule has 0 spiro atoms. The monoisotopic (exact) mass is 366 g/mol. The molecule has 1 aromatic heterocycles. The molecule has 0 aromatic carbocycles.